The summed E-state index contributed by atoms with van der Waals surface area (Å²) in [5.41, 5.74) is 0.0569. The van der Waals surface area contributed by atoms with Gasteiger partial charge in [-0.15, -0.1) is 0 Å². The average Bonchev–Trinajstić information content (AvgIpc) is 2.41. The monoisotopic (exact) mass is 307 g/mol. The first-order valence-electron chi connectivity index (χ1n) is 7.07. The first-order valence-corrected chi connectivity index (χ1v) is 7.07. The lowest BCUT2D eigenvalue weighted by atomic mass is 9.83. The zero-order valence-corrected chi connectivity index (χ0v) is 11.7. The molecule has 1 aliphatic rings. The summed E-state index contributed by atoms with van der Waals surface area (Å²) in [7, 11) is 0. The van der Waals surface area contributed by atoms with E-state index in [0.717, 1.165) is 6.07 Å². The minimum atomic E-state index is -4.27. The molecule has 0 spiro atoms. The Morgan fingerprint density at radius 1 is 1.14 bits per heavy atom. The number of halogens is 5. The molecule has 0 radical (unpaired) electrons. The van der Waals surface area contributed by atoms with E-state index in [1.165, 1.54) is 12.1 Å². The van der Waals surface area contributed by atoms with Crippen molar-refractivity contribution < 1.29 is 22.0 Å². The van der Waals surface area contributed by atoms with Crippen molar-refractivity contribution in [1.29, 1.82) is 0 Å². The van der Waals surface area contributed by atoms with Crippen LogP contribution in [0.5, 0.6) is 0 Å². The minimum absolute atomic E-state index is 0.0569. The maximum atomic E-state index is 13.7. The first-order chi connectivity index (χ1) is 9.80. The highest BCUT2D eigenvalue weighted by Crippen LogP contribution is 2.38. The second-order valence-corrected chi connectivity index (χ2v) is 5.57. The molecule has 0 bridgehead atoms. The summed E-state index contributed by atoms with van der Waals surface area (Å²) in [4.78, 5) is 0. The van der Waals surface area contributed by atoms with Crippen molar-refractivity contribution in [2.45, 2.75) is 50.9 Å². The molecule has 1 nitrogen and oxygen atoms in total. The number of alkyl halides is 3. The molecule has 21 heavy (non-hydrogen) atoms. The van der Waals surface area contributed by atoms with Crippen LogP contribution in [0.4, 0.5) is 22.0 Å². The van der Waals surface area contributed by atoms with E-state index in [1.807, 2.05) is 0 Å². The van der Waals surface area contributed by atoms with Crippen LogP contribution in [-0.4, -0.2) is 12.2 Å². The molecule has 1 fully saturated rings. The third-order valence-electron chi connectivity index (χ3n) is 4.10. The molecule has 2 rings (SSSR count). The molecule has 0 amide bonds. The van der Waals surface area contributed by atoms with E-state index in [4.69, 9.17) is 0 Å². The van der Waals surface area contributed by atoms with Crippen LogP contribution in [0.25, 0.3) is 0 Å². The summed E-state index contributed by atoms with van der Waals surface area (Å²) in [5, 5.41) is 2.83. The minimum Gasteiger partial charge on any atom is -0.307 e. The Hall–Kier alpha value is -1.17. The van der Waals surface area contributed by atoms with Gasteiger partial charge in [0, 0.05) is 17.6 Å². The topological polar surface area (TPSA) is 12.0 Å². The normalized spacial score (nSPS) is 24.9. The van der Waals surface area contributed by atoms with E-state index in [0.29, 0.717) is 19.3 Å². The predicted molar refractivity (Wildman–Crippen MR) is 69.7 cm³/mol. The number of benzene rings is 1. The summed E-state index contributed by atoms with van der Waals surface area (Å²) in [5.74, 6) is -3.42. The van der Waals surface area contributed by atoms with Crippen molar-refractivity contribution in [2.24, 2.45) is 5.92 Å². The Morgan fingerprint density at radius 3 is 2.48 bits per heavy atom. The van der Waals surface area contributed by atoms with Crippen molar-refractivity contribution in [3.05, 3.63) is 35.4 Å². The van der Waals surface area contributed by atoms with Gasteiger partial charge < -0.3 is 5.32 Å². The van der Waals surface area contributed by atoms with Gasteiger partial charge in [0.2, 0.25) is 0 Å². The summed E-state index contributed by atoms with van der Waals surface area (Å²) < 4.78 is 65.9. The highest BCUT2D eigenvalue weighted by Gasteiger charge is 2.45. The summed E-state index contributed by atoms with van der Waals surface area (Å²) in [6.07, 6.45) is -2.53. The van der Waals surface area contributed by atoms with Crippen molar-refractivity contribution in [3.8, 4) is 0 Å². The fourth-order valence-corrected chi connectivity index (χ4v) is 2.99. The van der Waals surface area contributed by atoms with Crippen molar-refractivity contribution >= 4 is 0 Å². The Bertz CT molecular complexity index is 485. The third kappa shape index (κ3) is 3.73. The predicted octanol–water partition coefficient (Wildman–Crippen LogP) is 4.74. The van der Waals surface area contributed by atoms with Gasteiger partial charge in [-0.05, 0) is 25.8 Å². The average molecular weight is 307 g/mol. The molecule has 3 unspecified atom stereocenters. The van der Waals surface area contributed by atoms with Crippen LogP contribution < -0.4 is 5.32 Å². The van der Waals surface area contributed by atoms with Gasteiger partial charge in [0.05, 0.1) is 5.92 Å². The highest BCUT2D eigenvalue weighted by molar-refractivity contribution is 5.22. The zero-order chi connectivity index (χ0) is 15.6. The van der Waals surface area contributed by atoms with Crippen LogP contribution in [0.3, 0.4) is 0 Å². The van der Waals surface area contributed by atoms with Crippen LogP contribution in [0.1, 0.15) is 44.2 Å². The number of hydrogen-bond donors (Lipinski definition) is 1. The van der Waals surface area contributed by atoms with E-state index >= 15 is 0 Å². The molecule has 1 saturated carbocycles. The van der Waals surface area contributed by atoms with Crippen LogP contribution >= 0.6 is 0 Å². The van der Waals surface area contributed by atoms with Gasteiger partial charge in [0.1, 0.15) is 0 Å². The number of rotatable bonds is 3. The molecule has 1 N–H and O–H groups in total. The molecule has 1 aliphatic carbocycles. The molecule has 1 aromatic rings. The fourth-order valence-electron chi connectivity index (χ4n) is 2.99. The maximum Gasteiger partial charge on any atom is 0.393 e. The molecule has 0 heterocycles. The molecular weight excluding hydrogens is 289 g/mol. The van der Waals surface area contributed by atoms with Gasteiger partial charge in [0.15, 0.2) is 11.6 Å². The van der Waals surface area contributed by atoms with Gasteiger partial charge in [-0.3, -0.25) is 0 Å². The SMILES string of the molecule is CC(NC1CCCCC1C(F)(F)F)c1cccc(F)c1F. The maximum absolute atomic E-state index is 13.7. The van der Waals surface area contributed by atoms with Gasteiger partial charge >= 0.3 is 6.18 Å². The van der Waals surface area contributed by atoms with E-state index in [9.17, 15) is 22.0 Å². The Labute approximate surface area is 120 Å². The first kappa shape index (κ1) is 16.2. The Kier molecular flexibility index (Phi) is 4.86. The fraction of sp³-hybridized carbons (Fsp3) is 0.600. The van der Waals surface area contributed by atoms with Crippen molar-refractivity contribution in [2.75, 3.05) is 0 Å². The second-order valence-electron chi connectivity index (χ2n) is 5.57. The van der Waals surface area contributed by atoms with Crippen LogP contribution in [0, 0.1) is 17.6 Å². The summed E-state index contributed by atoms with van der Waals surface area (Å²) in [6.45, 7) is 1.56. The smallest absolute Gasteiger partial charge is 0.307 e. The van der Waals surface area contributed by atoms with Gasteiger partial charge in [0.25, 0.3) is 0 Å². The molecule has 0 saturated heterocycles. The lowest BCUT2D eigenvalue weighted by molar-refractivity contribution is -0.189. The molecule has 6 heteroatoms. The van der Waals surface area contributed by atoms with E-state index < -0.39 is 35.8 Å². The van der Waals surface area contributed by atoms with Gasteiger partial charge in [-0.25, -0.2) is 8.78 Å². The number of nitrogens with one attached hydrogen (secondary N) is 1. The summed E-state index contributed by atoms with van der Waals surface area (Å²) in [6, 6.07) is 2.31. The Morgan fingerprint density at radius 2 is 1.81 bits per heavy atom. The Balaban J connectivity index is 2.13. The van der Waals surface area contributed by atoms with E-state index in [2.05, 4.69) is 5.32 Å². The van der Waals surface area contributed by atoms with Gasteiger partial charge in [-0.2, -0.15) is 13.2 Å². The zero-order valence-electron chi connectivity index (χ0n) is 11.7. The molecule has 3 atom stereocenters. The lowest BCUT2D eigenvalue weighted by Gasteiger charge is -2.35. The number of hydrogen-bond acceptors (Lipinski definition) is 1. The quantitative estimate of drug-likeness (QED) is 0.796. The summed E-state index contributed by atoms with van der Waals surface area (Å²) >= 11 is 0. The van der Waals surface area contributed by atoms with Crippen LogP contribution in [-0.2, 0) is 0 Å². The molecule has 0 aromatic heterocycles. The van der Waals surface area contributed by atoms with E-state index in [1.54, 1.807) is 6.92 Å². The highest BCUT2D eigenvalue weighted by atomic mass is 19.4. The molecular formula is C15H18F5N. The largest absolute Gasteiger partial charge is 0.393 e. The van der Waals surface area contributed by atoms with Crippen LogP contribution in [0.2, 0.25) is 0 Å². The third-order valence-corrected chi connectivity index (χ3v) is 4.10. The molecule has 118 valence electrons. The van der Waals surface area contributed by atoms with Crippen molar-refractivity contribution in [3.63, 3.8) is 0 Å². The van der Waals surface area contributed by atoms with Gasteiger partial charge in [-0.1, -0.05) is 25.0 Å². The lowest BCUT2D eigenvalue weighted by Crippen LogP contribution is -2.46. The standard InChI is InChI=1S/C15H18F5N/c1-9(10-5-4-7-12(16)14(10)17)21-13-8-3-2-6-11(13)15(18,19)20/h4-5,7,9,11,13,21H,2-3,6,8H2,1H3. The second kappa shape index (κ2) is 6.30. The molecule has 1 aromatic carbocycles. The molecule has 0 aliphatic heterocycles. The van der Waals surface area contributed by atoms with Crippen LogP contribution in [0.15, 0.2) is 18.2 Å². The van der Waals surface area contributed by atoms with Crippen molar-refractivity contribution in [1.82, 2.24) is 5.32 Å². The van der Waals surface area contributed by atoms with E-state index in [-0.39, 0.29) is 12.0 Å².